The summed E-state index contributed by atoms with van der Waals surface area (Å²) < 4.78 is 23.3. The molecule has 0 aromatic carbocycles. The van der Waals surface area contributed by atoms with Crippen molar-refractivity contribution in [2.45, 2.75) is 161 Å². The molecular weight excluding hydrogens is 563 g/mol. The molecule has 43 heavy (non-hydrogen) atoms. The van der Waals surface area contributed by atoms with Gasteiger partial charge in [0.05, 0.1) is 39.9 Å². The van der Waals surface area contributed by atoms with Crippen LogP contribution in [0.15, 0.2) is 12.2 Å². The smallest absolute Gasteiger partial charge is 0.387 e. The zero-order valence-corrected chi connectivity index (χ0v) is 29.6. The average molecular weight is 634 g/mol. The number of carbonyl (C=O) groups is 1. The Morgan fingerprint density at radius 2 is 1.23 bits per heavy atom. The van der Waals surface area contributed by atoms with Crippen LogP contribution >= 0.6 is 7.82 Å². The first-order chi connectivity index (χ1) is 20.5. The minimum atomic E-state index is -4.31. The standard InChI is InChI=1S/C34H69N2O6P/c1-6-8-10-12-14-16-17-18-20-22-24-26-28-34(38)35-32(31-42-43(39,40)41-30-29-36(3,4)5)33(37)27-25-23-21-19-15-13-11-9-7-2/h25,27,32-33,37H,6-24,26,28-31H2,1-5H3,(H-,35,38,39,40)/p+1/b27-25+/t32-,33+/m0/s1. The summed E-state index contributed by atoms with van der Waals surface area (Å²) in [6.07, 6.45) is 27.0. The van der Waals surface area contributed by atoms with E-state index in [1.807, 2.05) is 27.2 Å². The van der Waals surface area contributed by atoms with E-state index in [1.54, 1.807) is 6.08 Å². The Bertz CT molecular complexity index is 728. The molecule has 0 aliphatic rings. The largest absolute Gasteiger partial charge is 0.472 e. The molecule has 3 N–H and O–H groups in total. The van der Waals surface area contributed by atoms with Crippen molar-refractivity contribution < 1.29 is 32.9 Å². The number of hydrogen-bond acceptors (Lipinski definition) is 5. The number of carbonyl (C=O) groups excluding carboxylic acids is 1. The molecule has 0 saturated heterocycles. The minimum absolute atomic E-state index is 0.0637. The number of unbranched alkanes of at least 4 members (excludes halogenated alkanes) is 18. The van der Waals surface area contributed by atoms with Crippen LogP contribution in [-0.4, -0.2) is 73.4 Å². The summed E-state index contributed by atoms with van der Waals surface area (Å²) in [7, 11) is 1.57. The van der Waals surface area contributed by atoms with Crippen LogP contribution < -0.4 is 5.32 Å². The van der Waals surface area contributed by atoms with Gasteiger partial charge in [0.2, 0.25) is 5.91 Å². The van der Waals surface area contributed by atoms with E-state index in [-0.39, 0.29) is 19.1 Å². The molecule has 256 valence electrons. The fraction of sp³-hybridized carbons (Fsp3) is 0.912. The van der Waals surface area contributed by atoms with Gasteiger partial charge in [-0.15, -0.1) is 0 Å². The maximum atomic E-state index is 12.7. The molecule has 8 nitrogen and oxygen atoms in total. The molecule has 9 heteroatoms. The highest BCUT2D eigenvalue weighted by Gasteiger charge is 2.27. The van der Waals surface area contributed by atoms with Gasteiger partial charge in [0, 0.05) is 6.42 Å². The summed E-state index contributed by atoms with van der Waals surface area (Å²) in [5, 5.41) is 13.6. The van der Waals surface area contributed by atoms with Gasteiger partial charge in [-0.25, -0.2) is 4.57 Å². The lowest BCUT2D eigenvalue weighted by atomic mass is 10.0. The lowest BCUT2D eigenvalue weighted by Gasteiger charge is -2.25. The molecule has 0 fully saturated rings. The number of aliphatic hydroxyl groups excluding tert-OH is 1. The van der Waals surface area contributed by atoms with Gasteiger partial charge in [-0.3, -0.25) is 13.8 Å². The highest BCUT2D eigenvalue weighted by molar-refractivity contribution is 7.47. The number of nitrogens with one attached hydrogen (secondary N) is 1. The first-order valence-electron chi connectivity index (χ1n) is 17.6. The molecule has 0 rings (SSSR count). The normalized spacial score (nSPS) is 15.0. The number of quaternary nitrogens is 1. The Hall–Kier alpha value is -0.760. The van der Waals surface area contributed by atoms with Crippen molar-refractivity contribution in [3.05, 3.63) is 12.2 Å². The molecule has 1 amide bonds. The molecule has 0 aromatic heterocycles. The first kappa shape index (κ1) is 42.2. The van der Waals surface area contributed by atoms with Crippen molar-refractivity contribution in [3.8, 4) is 0 Å². The van der Waals surface area contributed by atoms with E-state index in [2.05, 4.69) is 19.2 Å². The van der Waals surface area contributed by atoms with E-state index >= 15 is 0 Å². The van der Waals surface area contributed by atoms with E-state index in [4.69, 9.17) is 9.05 Å². The summed E-state index contributed by atoms with van der Waals surface area (Å²) in [4.78, 5) is 22.8. The summed E-state index contributed by atoms with van der Waals surface area (Å²) in [5.74, 6) is -0.182. The van der Waals surface area contributed by atoms with Crippen molar-refractivity contribution in [1.29, 1.82) is 0 Å². The zero-order valence-electron chi connectivity index (χ0n) is 28.7. The Morgan fingerprint density at radius 1 is 0.767 bits per heavy atom. The maximum Gasteiger partial charge on any atom is 0.472 e. The second-order valence-electron chi connectivity index (χ2n) is 13.3. The number of allylic oxidation sites excluding steroid dienone is 1. The number of aliphatic hydroxyl groups is 1. The van der Waals surface area contributed by atoms with E-state index in [0.29, 0.717) is 17.4 Å². The van der Waals surface area contributed by atoms with Crippen molar-refractivity contribution in [3.63, 3.8) is 0 Å². The summed E-state index contributed by atoms with van der Waals surface area (Å²) >= 11 is 0. The van der Waals surface area contributed by atoms with Crippen LogP contribution in [0.3, 0.4) is 0 Å². The highest BCUT2D eigenvalue weighted by Crippen LogP contribution is 2.43. The number of nitrogens with zero attached hydrogens (tertiary/aromatic N) is 1. The monoisotopic (exact) mass is 633 g/mol. The van der Waals surface area contributed by atoms with Crippen LogP contribution in [0.25, 0.3) is 0 Å². The van der Waals surface area contributed by atoms with Crippen LogP contribution in [0.5, 0.6) is 0 Å². The Morgan fingerprint density at radius 3 is 1.72 bits per heavy atom. The van der Waals surface area contributed by atoms with Crippen molar-refractivity contribution in [2.24, 2.45) is 0 Å². The molecule has 0 radical (unpaired) electrons. The van der Waals surface area contributed by atoms with E-state index < -0.39 is 20.0 Å². The molecule has 0 saturated carbocycles. The minimum Gasteiger partial charge on any atom is -0.387 e. The van der Waals surface area contributed by atoms with Crippen LogP contribution in [0.4, 0.5) is 0 Å². The number of likely N-dealkylation sites (N-methyl/N-ethyl adjacent to an activating group) is 1. The molecule has 0 aliphatic heterocycles. The number of rotatable bonds is 31. The second kappa shape index (κ2) is 27.5. The second-order valence-corrected chi connectivity index (χ2v) is 14.7. The SMILES string of the molecule is CCCCCCCCC/C=C/[C@@H](O)[C@H](COP(=O)(O)OCC[N+](C)(C)C)NC(=O)CCCCCCCCCCCCCC. The molecule has 1 unspecified atom stereocenters. The third kappa shape index (κ3) is 29.7. The molecule has 3 atom stereocenters. The van der Waals surface area contributed by atoms with Gasteiger partial charge in [0.15, 0.2) is 0 Å². The fourth-order valence-corrected chi connectivity index (χ4v) is 5.60. The quantitative estimate of drug-likeness (QED) is 0.0306. The van der Waals surface area contributed by atoms with Gasteiger partial charge in [-0.1, -0.05) is 135 Å². The molecule has 0 heterocycles. The van der Waals surface area contributed by atoms with Crippen LogP contribution in [-0.2, 0) is 18.4 Å². The van der Waals surface area contributed by atoms with Gasteiger partial charge in [0.25, 0.3) is 0 Å². The molecule has 0 bridgehead atoms. The number of phosphoric acid groups is 1. The van der Waals surface area contributed by atoms with Gasteiger partial charge in [-0.05, 0) is 19.3 Å². The maximum absolute atomic E-state index is 12.7. The third-order valence-corrected chi connectivity index (χ3v) is 8.74. The van der Waals surface area contributed by atoms with Crippen molar-refractivity contribution in [2.75, 3.05) is 40.9 Å². The Balaban J connectivity index is 4.56. The predicted octanol–water partition coefficient (Wildman–Crippen LogP) is 8.46. The zero-order chi connectivity index (χ0) is 32.2. The van der Waals surface area contributed by atoms with E-state index in [1.165, 1.54) is 89.9 Å². The van der Waals surface area contributed by atoms with Gasteiger partial charge < -0.3 is 19.8 Å². The van der Waals surface area contributed by atoms with Crippen LogP contribution in [0, 0.1) is 0 Å². The Kier molecular flexibility index (Phi) is 27.1. The van der Waals surface area contributed by atoms with Gasteiger partial charge in [0.1, 0.15) is 13.2 Å². The molecule has 0 aromatic rings. The topological polar surface area (TPSA) is 105 Å². The molecular formula is C34H70N2O6P+. The summed E-state index contributed by atoms with van der Waals surface area (Å²) in [5.41, 5.74) is 0. The lowest BCUT2D eigenvalue weighted by molar-refractivity contribution is -0.870. The number of phosphoric ester groups is 1. The highest BCUT2D eigenvalue weighted by atomic mass is 31.2. The molecule has 0 spiro atoms. The first-order valence-corrected chi connectivity index (χ1v) is 19.1. The Labute approximate surface area is 265 Å². The molecule has 0 aliphatic carbocycles. The van der Waals surface area contributed by atoms with Gasteiger partial charge in [-0.2, -0.15) is 0 Å². The van der Waals surface area contributed by atoms with Crippen LogP contribution in [0.1, 0.15) is 149 Å². The predicted molar refractivity (Wildman–Crippen MR) is 180 cm³/mol. The van der Waals surface area contributed by atoms with Crippen molar-refractivity contribution in [1.82, 2.24) is 5.32 Å². The summed E-state index contributed by atoms with van der Waals surface area (Å²) in [6, 6.07) is -0.836. The number of hydrogen-bond donors (Lipinski definition) is 3. The number of amides is 1. The van der Waals surface area contributed by atoms with Gasteiger partial charge >= 0.3 is 7.82 Å². The lowest BCUT2D eigenvalue weighted by Crippen LogP contribution is -2.45. The van der Waals surface area contributed by atoms with E-state index in [0.717, 1.165) is 38.5 Å². The van der Waals surface area contributed by atoms with E-state index in [9.17, 15) is 19.4 Å². The summed E-state index contributed by atoms with van der Waals surface area (Å²) in [6.45, 7) is 4.75. The fourth-order valence-electron chi connectivity index (χ4n) is 4.86. The third-order valence-electron chi connectivity index (χ3n) is 7.76. The van der Waals surface area contributed by atoms with Crippen molar-refractivity contribution >= 4 is 13.7 Å². The van der Waals surface area contributed by atoms with Crippen LogP contribution in [0.2, 0.25) is 0 Å². The average Bonchev–Trinajstić information content (AvgIpc) is 2.94.